The zero-order chi connectivity index (χ0) is 43.8. The Bertz CT molecular complexity index is 2580. The average Bonchev–Trinajstić information content (AvgIpc) is 3.98. The molecule has 3 amide bonds. The lowest BCUT2D eigenvalue weighted by molar-refractivity contribution is -0.134. The lowest BCUT2D eigenvalue weighted by Gasteiger charge is -2.38. The smallest absolute Gasteiger partial charge is 0.284 e. The highest BCUT2D eigenvalue weighted by molar-refractivity contribution is 6.08. The Labute approximate surface area is 363 Å². The van der Waals surface area contributed by atoms with Gasteiger partial charge in [0.2, 0.25) is 11.8 Å². The van der Waals surface area contributed by atoms with E-state index in [4.69, 9.17) is 14.5 Å². The molecule has 9 rings (SSSR count). The van der Waals surface area contributed by atoms with Gasteiger partial charge in [0, 0.05) is 64.0 Å². The summed E-state index contributed by atoms with van der Waals surface area (Å²) in [6, 6.07) is 7.59. The second-order valence-corrected chi connectivity index (χ2v) is 17.8. The van der Waals surface area contributed by atoms with E-state index in [-0.39, 0.29) is 40.8 Å². The third kappa shape index (κ3) is 9.18. The maximum atomic E-state index is 14.3. The number of benzene rings is 1. The molecule has 0 radical (unpaired) electrons. The Morgan fingerprint density at radius 2 is 1.87 bits per heavy atom. The minimum absolute atomic E-state index is 0.00923. The number of aromatic nitrogens is 7. The monoisotopic (exact) mass is 865 g/mol. The molecule has 0 spiro atoms. The number of piperidine rings is 2. The highest BCUT2D eigenvalue weighted by Crippen LogP contribution is 2.36. The number of morpholine rings is 1. The molecule has 0 bridgehead atoms. The van der Waals surface area contributed by atoms with Gasteiger partial charge in [-0.2, -0.15) is 15.3 Å². The van der Waals surface area contributed by atoms with Crippen LogP contribution in [0.1, 0.15) is 111 Å². The zero-order valence-corrected chi connectivity index (χ0v) is 35.9. The van der Waals surface area contributed by atoms with E-state index >= 15 is 0 Å². The van der Waals surface area contributed by atoms with Gasteiger partial charge in [0.1, 0.15) is 18.0 Å². The van der Waals surface area contributed by atoms with Crippen molar-refractivity contribution in [3.05, 3.63) is 65.4 Å². The molecule has 1 unspecified atom stereocenters. The van der Waals surface area contributed by atoms with E-state index in [1.165, 1.54) is 10.7 Å². The number of anilines is 2. The van der Waals surface area contributed by atoms with E-state index in [2.05, 4.69) is 47.6 Å². The van der Waals surface area contributed by atoms with Crippen LogP contribution in [0.3, 0.4) is 0 Å². The zero-order valence-electron chi connectivity index (χ0n) is 35.9. The quantitative estimate of drug-likeness (QED) is 0.136. The summed E-state index contributed by atoms with van der Waals surface area (Å²) in [7, 11) is 1.84. The van der Waals surface area contributed by atoms with Crippen molar-refractivity contribution in [1.82, 2.24) is 44.4 Å². The first kappa shape index (κ1) is 42.5. The molecule has 3 aliphatic heterocycles. The number of hydrogen-bond acceptors (Lipinski definition) is 11. The number of ether oxygens (including phenoxy) is 2. The number of hydrogen-bond donors (Lipinski definition) is 2. The van der Waals surface area contributed by atoms with Crippen LogP contribution >= 0.6 is 0 Å². The fourth-order valence-corrected chi connectivity index (χ4v) is 9.63. The van der Waals surface area contributed by atoms with E-state index in [0.717, 1.165) is 74.6 Å². The fourth-order valence-electron chi connectivity index (χ4n) is 9.63. The van der Waals surface area contributed by atoms with Crippen molar-refractivity contribution in [2.75, 3.05) is 56.2 Å². The van der Waals surface area contributed by atoms with E-state index < -0.39 is 23.9 Å². The maximum Gasteiger partial charge on any atom is 0.284 e. The lowest BCUT2D eigenvalue weighted by atomic mass is 9.85. The molecule has 63 heavy (non-hydrogen) atoms. The van der Waals surface area contributed by atoms with Crippen molar-refractivity contribution in [1.29, 1.82) is 0 Å². The van der Waals surface area contributed by atoms with E-state index in [1.54, 1.807) is 21.8 Å². The van der Waals surface area contributed by atoms with Crippen LogP contribution in [-0.4, -0.2) is 114 Å². The molecule has 4 fully saturated rings. The standard InChI is InChI=1S/C45H53F2N11O5/c1-45(2)27-56(21-23-63-45)36-17-20-57-42(50-36)34(24-48-57)44(61)49-35-26-58(53-39(35)41(46)47)30-11-9-28(10-12-30)25-55-18-15-31(16-19-55)62-22-5-7-29-6-4-8-32-38(52-54(3)40(29)32)33-13-14-37(59)51-43(33)60/h4,6,8,17,20,24,26,28,30-31,33,41H,9-16,18-19,21-23,25,27H2,1-3H3,(H,49,61)(H,51,59,60). The second-order valence-electron chi connectivity index (χ2n) is 17.8. The number of likely N-dealkylation sites (tertiary alicyclic amines) is 1. The molecule has 332 valence electrons. The largest absolute Gasteiger partial charge is 0.372 e. The molecular formula is C45H53F2N11O5. The fraction of sp³-hybridized carbons (Fsp3) is 0.533. The predicted molar refractivity (Wildman–Crippen MR) is 229 cm³/mol. The average molecular weight is 866 g/mol. The highest BCUT2D eigenvalue weighted by atomic mass is 19.3. The highest BCUT2D eigenvalue weighted by Gasteiger charge is 2.33. The summed E-state index contributed by atoms with van der Waals surface area (Å²) in [5, 5.41) is 19.2. The first-order valence-corrected chi connectivity index (χ1v) is 21.9. The van der Waals surface area contributed by atoms with E-state index in [1.807, 2.05) is 45.2 Å². The van der Waals surface area contributed by atoms with Gasteiger partial charge in [0.05, 0.1) is 58.9 Å². The van der Waals surface area contributed by atoms with Crippen molar-refractivity contribution in [2.24, 2.45) is 13.0 Å². The molecule has 1 aromatic carbocycles. The van der Waals surface area contributed by atoms with Crippen molar-refractivity contribution >= 4 is 45.8 Å². The number of carbonyl (C=O) groups is 3. The minimum atomic E-state index is -2.86. The van der Waals surface area contributed by atoms with Gasteiger partial charge < -0.3 is 24.6 Å². The SMILES string of the molecule is Cn1nc(C2CCC(=O)NC2=O)c2cccc(C#CCOC3CCN(CC4CCC(n5cc(NC(=O)c6cnn7ccc(N8CCOC(C)(C)C8)nc67)c(C(F)F)n5)CC4)CC3)c21. The molecular weight excluding hydrogens is 813 g/mol. The molecule has 2 N–H and O–H groups in total. The lowest BCUT2D eigenvalue weighted by Crippen LogP contribution is -2.48. The van der Waals surface area contributed by atoms with Crippen molar-refractivity contribution in [2.45, 2.75) is 95.3 Å². The first-order valence-electron chi connectivity index (χ1n) is 21.9. The number of fused-ring (bicyclic) bond motifs is 2. The maximum absolute atomic E-state index is 14.3. The number of rotatable bonds is 10. The molecule has 16 nitrogen and oxygen atoms in total. The van der Waals surface area contributed by atoms with E-state index in [9.17, 15) is 23.2 Å². The molecule has 4 aliphatic rings. The van der Waals surface area contributed by atoms with Crippen LogP contribution in [0.5, 0.6) is 0 Å². The number of nitrogens with zero attached hydrogens (tertiary/aromatic N) is 9. The summed E-state index contributed by atoms with van der Waals surface area (Å²) in [6.45, 7) is 9.03. The Hall–Kier alpha value is -5.77. The summed E-state index contributed by atoms with van der Waals surface area (Å²) >= 11 is 0. The van der Waals surface area contributed by atoms with Crippen LogP contribution < -0.4 is 15.5 Å². The van der Waals surface area contributed by atoms with Gasteiger partial charge in [-0.15, -0.1) is 0 Å². The minimum Gasteiger partial charge on any atom is -0.372 e. The topological polar surface area (TPSA) is 166 Å². The number of amides is 3. The number of para-hydroxylation sites is 1. The third-order valence-corrected chi connectivity index (χ3v) is 12.9. The molecule has 5 aromatic rings. The molecule has 3 saturated heterocycles. The Kier molecular flexibility index (Phi) is 12.0. The summed E-state index contributed by atoms with van der Waals surface area (Å²) in [5.74, 6) is 6.00. The number of halogens is 2. The Morgan fingerprint density at radius 1 is 1.06 bits per heavy atom. The Balaban J connectivity index is 0.746. The van der Waals surface area contributed by atoms with Crippen LogP contribution in [0, 0.1) is 17.8 Å². The van der Waals surface area contributed by atoms with E-state index in [0.29, 0.717) is 62.2 Å². The van der Waals surface area contributed by atoms with Crippen molar-refractivity contribution in [3.8, 4) is 11.8 Å². The summed E-state index contributed by atoms with van der Waals surface area (Å²) in [4.78, 5) is 47.1. The van der Waals surface area contributed by atoms with Crippen molar-refractivity contribution < 1.29 is 32.6 Å². The van der Waals surface area contributed by atoms with Gasteiger partial charge in [0.25, 0.3) is 12.3 Å². The number of carbonyl (C=O) groups excluding carboxylic acids is 3. The number of nitrogens with one attached hydrogen (secondary N) is 2. The second kappa shape index (κ2) is 17.8. The van der Waals surface area contributed by atoms with Crippen LogP contribution in [0.25, 0.3) is 16.6 Å². The Morgan fingerprint density at radius 3 is 2.63 bits per heavy atom. The molecule has 18 heteroatoms. The van der Waals surface area contributed by atoms with Gasteiger partial charge >= 0.3 is 0 Å². The predicted octanol–water partition coefficient (Wildman–Crippen LogP) is 5.40. The van der Waals surface area contributed by atoms with Crippen LogP contribution in [-0.2, 0) is 26.1 Å². The van der Waals surface area contributed by atoms with Gasteiger partial charge in [-0.3, -0.25) is 29.1 Å². The molecule has 1 saturated carbocycles. The van der Waals surface area contributed by atoms with Crippen LogP contribution in [0.15, 0.2) is 42.9 Å². The molecule has 1 atom stereocenters. The number of aryl methyl sites for hydroxylation is 1. The number of imide groups is 1. The van der Waals surface area contributed by atoms with Crippen molar-refractivity contribution in [3.63, 3.8) is 0 Å². The summed E-state index contributed by atoms with van der Waals surface area (Å²) < 4.78 is 45.5. The molecule has 7 heterocycles. The van der Waals surface area contributed by atoms with Gasteiger partial charge in [-0.25, -0.2) is 18.3 Å². The van der Waals surface area contributed by atoms with Gasteiger partial charge in [-0.1, -0.05) is 24.0 Å². The first-order chi connectivity index (χ1) is 30.4. The number of alkyl halides is 2. The molecule has 4 aromatic heterocycles. The normalized spacial score (nSPS) is 22.4. The van der Waals surface area contributed by atoms with Crippen LogP contribution in [0.2, 0.25) is 0 Å². The summed E-state index contributed by atoms with van der Waals surface area (Å²) in [5.41, 5.74) is 2.04. The summed E-state index contributed by atoms with van der Waals surface area (Å²) in [6.07, 6.45) is 8.04. The molecule has 1 aliphatic carbocycles. The van der Waals surface area contributed by atoms with Crippen LogP contribution in [0.4, 0.5) is 20.3 Å². The van der Waals surface area contributed by atoms with Gasteiger partial charge in [-0.05, 0) is 76.8 Å². The third-order valence-electron chi connectivity index (χ3n) is 12.9. The van der Waals surface area contributed by atoms with Gasteiger partial charge in [0.15, 0.2) is 11.3 Å².